The van der Waals surface area contributed by atoms with Crippen LogP contribution in [0.5, 0.6) is 11.5 Å². The number of benzene rings is 3. The number of nitrogens with two attached hydrogens (primary N) is 1. The maximum atomic E-state index is 6.05. The van der Waals surface area contributed by atoms with Crippen LogP contribution in [-0.4, -0.2) is 19.8 Å². The molecule has 0 bridgehead atoms. The smallest absolute Gasteiger partial charge is 0.125 e. The van der Waals surface area contributed by atoms with Gasteiger partial charge in [0.15, 0.2) is 0 Å². The summed E-state index contributed by atoms with van der Waals surface area (Å²) in [6, 6.07) is 16.7. The molecule has 3 nitrogen and oxygen atoms in total. The minimum absolute atomic E-state index is 0.503. The Kier molecular flexibility index (Phi) is 5.79. The maximum absolute atomic E-state index is 6.05. The maximum Gasteiger partial charge on any atom is 0.125 e. The molecule has 0 radical (unpaired) electrons. The third-order valence-corrected chi connectivity index (χ3v) is 4.85. The highest BCUT2D eigenvalue weighted by atomic mass is 16.5. The first-order chi connectivity index (χ1) is 12.6. The van der Waals surface area contributed by atoms with Gasteiger partial charge in [-0.1, -0.05) is 42.5 Å². The fourth-order valence-electron chi connectivity index (χ4n) is 3.30. The van der Waals surface area contributed by atoms with Gasteiger partial charge >= 0.3 is 0 Å². The van der Waals surface area contributed by atoms with E-state index in [1.165, 1.54) is 27.5 Å². The molecule has 0 aliphatic carbocycles. The third-order valence-electron chi connectivity index (χ3n) is 4.85. The SMILES string of the molecule is Cc1ccc(C)c(OCCOc2ccc3ccccc3c2CCN)c1C. The summed E-state index contributed by atoms with van der Waals surface area (Å²) in [6.07, 6.45) is 0.799. The molecule has 0 atom stereocenters. The third kappa shape index (κ3) is 3.83. The van der Waals surface area contributed by atoms with Crippen molar-refractivity contribution in [1.29, 1.82) is 0 Å². The van der Waals surface area contributed by atoms with Crippen molar-refractivity contribution in [3.63, 3.8) is 0 Å². The van der Waals surface area contributed by atoms with Gasteiger partial charge in [0.2, 0.25) is 0 Å². The van der Waals surface area contributed by atoms with Crippen LogP contribution >= 0.6 is 0 Å². The molecule has 0 amide bonds. The molecular formula is C23H27NO2. The monoisotopic (exact) mass is 349 g/mol. The predicted molar refractivity (Wildman–Crippen MR) is 108 cm³/mol. The van der Waals surface area contributed by atoms with Crippen LogP contribution in [0.15, 0.2) is 48.5 Å². The van der Waals surface area contributed by atoms with Crippen LogP contribution in [0, 0.1) is 20.8 Å². The Morgan fingerprint density at radius 3 is 2.35 bits per heavy atom. The highest BCUT2D eigenvalue weighted by molar-refractivity contribution is 5.87. The van der Waals surface area contributed by atoms with E-state index in [0.717, 1.165) is 23.5 Å². The summed E-state index contributed by atoms with van der Waals surface area (Å²) in [4.78, 5) is 0. The van der Waals surface area contributed by atoms with E-state index in [4.69, 9.17) is 15.2 Å². The van der Waals surface area contributed by atoms with Gasteiger partial charge in [-0.2, -0.15) is 0 Å². The van der Waals surface area contributed by atoms with Gasteiger partial charge in [-0.15, -0.1) is 0 Å². The Balaban J connectivity index is 1.71. The summed E-state index contributed by atoms with van der Waals surface area (Å²) in [5.41, 5.74) is 10.6. The van der Waals surface area contributed by atoms with Crippen LogP contribution in [0.4, 0.5) is 0 Å². The van der Waals surface area contributed by atoms with Gasteiger partial charge in [0.1, 0.15) is 24.7 Å². The Labute approximate surface area is 155 Å². The molecule has 0 saturated heterocycles. The standard InChI is InChI=1S/C23H27NO2/c1-16-8-9-17(2)23(18(16)3)26-15-14-25-22-11-10-19-6-4-5-7-20(19)21(22)12-13-24/h4-11H,12-15,24H2,1-3H3. The lowest BCUT2D eigenvalue weighted by molar-refractivity contribution is 0.214. The van der Waals surface area contributed by atoms with E-state index >= 15 is 0 Å². The predicted octanol–water partition coefficient (Wildman–Crippen LogP) is 4.72. The lowest BCUT2D eigenvalue weighted by Crippen LogP contribution is -2.12. The lowest BCUT2D eigenvalue weighted by atomic mass is 10.0. The summed E-state index contributed by atoms with van der Waals surface area (Å²) in [6.45, 7) is 7.89. The van der Waals surface area contributed by atoms with E-state index in [0.29, 0.717) is 19.8 Å². The molecule has 3 heteroatoms. The van der Waals surface area contributed by atoms with E-state index in [1.807, 2.05) is 6.07 Å². The molecule has 0 aliphatic heterocycles. The van der Waals surface area contributed by atoms with Gasteiger partial charge in [-0.05, 0) is 67.3 Å². The van der Waals surface area contributed by atoms with Crippen molar-refractivity contribution in [2.45, 2.75) is 27.2 Å². The largest absolute Gasteiger partial charge is 0.490 e. The quantitative estimate of drug-likeness (QED) is 0.628. The van der Waals surface area contributed by atoms with Crippen molar-refractivity contribution >= 4 is 10.8 Å². The van der Waals surface area contributed by atoms with Crippen LogP contribution in [0.1, 0.15) is 22.3 Å². The minimum Gasteiger partial charge on any atom is -0.490 e. The normalized spacial score (nSPS) is 10.9. The van der Waals surface area contributed by atoms with E-state index in [-0.39, 0.29) is 0 Å². The van der Waals surface area contributed by atoms with E-state index < -0.39 is 0 Å². The molecule has 0 spiro atoms. The second-order valence-electron chi connectivity index (χ2n) is 6.65. The van der Waals surface area contributed by atoms with Crippen molar-refractivity contribution in [1.82, 2.24) is 0 Å². The molecule has 26 heavy (non-hydrogen) atoms. The zero-order valence-electron chi connectivity index (χ0n) is 15.8. The molecule has 0 heterocycles. The first-order valence-corrected chi connectivity index (χ1v) is 9.15. The molecule has 3 aromatic rings. The van der Waals surface area contributed by atoms with Gasteiger partial charge in [0, 0.05) is 5.56 Å². The van der Waals surface area contributed by atoms with E-state index in [2.05, 4.69) is 63.2 Å². The molecule has 136 valence electrons. The fourth-order valence-corrected chi connectivity index (χ4v) is 3.30. The van der Waals surface area contributed by atoms with Gasteiger partial charge in [-0.3, -0.25) is 0 Å². The zero-order valence-corrected chi connectivity index (χ0v) is 15.8. The zero-order chi connectivity index (χ0) is 18.5. The second-order valence-corrected chi connectivity index (χ2v) is 6.65. The second kappa shape index (κ2) is 8.24. The first-order valence-electron chi connectivity index (χ1n) is 9.15. The minimum atomic E-state index is 0.503. The highest BCUT2D eigenvalue weighted by Crippen LogP contribution is 2.29. The van der Waals surface area contributed by atoms with Crippen molar-refractivity contribution < 1.29 is 9.47 Å². The Bertz CT molecular complexity index is 902. The number of hydrogen-bond donors (Lipinski definition) is 1. The number of fused-ring (bicyclic) bond motifs is 1. The van der Waals surface area contributed by atoms with Crippen LogP contribution in [-0.2, 0) is 6.42 Å². The number of hydrogen-bond acceptors (Lipinski definition) is 3. The summed E-state index contributed by atoms with van der Waals surface area (Å²) in [5, 5.41) is 2.42. The van der Waals surface area contributed by atoms with Gasteiger partial charge in [0.25, 0.3) is 0 Å². The van der Waals surface area contributed by atoms with E-state index in [1.54, 1.807) is 0 Å². The fraction of sp³-hybridized carbons (Fsp3) is 0.304. The van der Waals surface area contributed by atoms with Crippen molar-refractivity contribution in [3.8, 4) is 11.5 Å². The van der Waals surface area contributed by atoms with Crippen molar-refractivity contribution in [2.24, 2.45) is 5.73 Å². The molecule has 0 aliphatic rings. The topological polar surface area (TPSA) is 44.5 Å². The van der Waals surface area contributed by atoms with Crippen LogP contribution in [0.25, 0.3) is 10.8 Å². The average molecular weight is 349 g/mol. The highest BCUT2D eigenvalue weighted by Gasteiger charge is 2.09. The molecule has 3 rings (SSSR count). The molecular weight excluding hydrogens is 322 g/mol. The first kappa shape index (κ1) is 18.3. The van der Waals surface area contributed by atoms with Crippen molar-refractivity contribution in [3.05, 3.63) is 70.8 Å². The van der Waals surface area contributed by atoms with Gasteiger partial charge < -0.3 is 15.2 Å². The number of ether oxygens (including phenoxy) is 2. The number of rotatable bonds is 7. The average Bonchev–Trinajstić information content (AvgIpc) is 2.65. The summed E-state index contributed by atoms with van der Waals surface area (Å²) in [7, 11) is 0. The lowest BCUT2D eigenvalue weighted by Gasteiger charge is -2.16. The summed E-state index contributed by atoms with van der Waals surface area (Å²) in [5.74, 6) is 1.87. The Morgan fingerprint density at radius 1 is 0.808 bits per heavy atom. The van der Waals surface area contributed by atoms with Gasteiger partial charge in [-0.25, -0.2) is 0 Å². The van der Waals surface area contributed by atoms with Crippen LogP contribution in [0.2, 0.25) is 0 Å². The van der Waals surface area contributed by atoms with E-state index in [9.17, 15) is 0 Å². The van der Waals surface area contributed by atoms with Crippen molar-refractivity contribution in [2.75, 3.05) is 19.8 Å². The summed E-state index contributed by atoms with van der Waals surface area (Å²) >= 11 is 0. The molecule has 0 fully saturated rings. The molecule has 0 aromatic heterocycles. The molecule has 2 N–H and O–H groups in total. The Morgan fingerprint density at radius 2 is 1.54 bits per heavy atom. The van der Waals surface area contributed by atoms with Crippen LogP contribution in [0.3, 0.4) is 0 Å². The Hall–Kier alpha value is -2.52. The number of aryl methyl sites for hydroxylation is 2. The molecule has 3 aromatic carbocycles. The van der Waals surface area contributed by atoms with Gasteiger partial charge in [0.05, 0.1) is 0 Å². The summed E-state index contributed by atoms with van der Waals surface area (Å²) < 4.78 is 12.1. The molecule has 0 unspecified atom stereocenters. The van der Waals surface area contributed by atoms with Crippen LogP contribution < -0.4 is 15.2 Å². The molecule has 0 saturated carbocycles.